The fourth-order valence-corrected chi connectivity index (χ4v) is 3.55. The van der Waals surface area contributed by atoms with Gasteiger partial charge in [-0.2, -0.15) is 5.10 Å². The Bertz CT molecular complexity index is 965. The molecule has 0 aliphatic heterocycles. The molecule has 0 amide bonds. The van der Waals surface area contributed by atoms with Crippen molar-refractivity contribution in [2.45, 2.75) is 38.2 Å². The molecule has 0 saturated carbocycles. The van der Waals surface area contributed by atoms with E-state index in [-0.39, 0.29) is 10.0 Å². The van der Waals surface area contributed by atoms with Crippen LogP contribution in [0.5, 0.6) is 0 Å². The molecule has 1 aromatic heterocycles. The van der Waals surface area contributed by atoms with E-state index >= 15 is 0 Å². The quantitative estimate of drug-likeness (QED) is 0.273. The highest BCUT2D eigenvalue weighted by molar-refractivity contribution is 8.08. The molecule has 0 bridgehead atoms. The van der Waals surface area contributed by atoms with Gasteiger partial charge in [-0.25, -0.2) is 18.2 Å². The van der Waals surface area contributed by atoms with Crippen LogP contribution in [0.3, 0.4) is 0 Å². The first-order chi connectivity index (χ1) is 12.5. The number of hydrogen-bond donors (Lipinski definition) is 1. The predicted octanol–water partition coefficient (Wildman–Crippen LogP) is 3.58. The number of esters is 1. The Morgan fingerprint density at radius 1 is 1.19 bits per heavy atom. The highest BCUT2D eigenvalue weighted by Crippen LogP contribution is 2.22. The van der Waals surface area contributed by atoms with Crippen LogP contribution in [0.4, 0.5) is 5.69 Å². The van der Waals surface area contributed by atoms with Gasteiger partial charge >= 0.3 is 5.97 Å². The van der Waals surface area contributed by atoms with Crippen molar-refractivity contribution in [1.29, 1.82) is 0 Å². The fraction of sp³-hybridized carbons (Fsp3) is 0.278. The molecule has 0 saturated heterocycles. The zero-order valence-electron chi connectivity index (χ0n) is 15.4. The molecule has 0 spiro atoms. The summed E-state index contributed by atoms with van der Waals surface area (Å²) in [4.78, 5) is 15.9. The van der Waals surface area contributed by atoms with E-state index < -0.39 is 26.5 Å². The van der Waals surface area contributed by atoms with Gasteiger partial charge in [-0.3, -0.25) is 5.43 Å². The molecule has 0 radical (unpaired) electrons. The number of halogens is 1. The molecular weight excluding hydrogens is 390 g/mol. The third kappa shape index (κ3) is 5.51. The number of aryl methyl sites for hydroxylation is 1. The van der Waals surface area contributed by atoms with Gasteiger partial charge in [0.1, 0.15) is 15.6 Å². The summed E-state index contributed by atoms with van der Waals surface area (Å²) in [7, 11) is -4.36. The van der Waals surface area contributed by atoms with Crippen molar-refractivity contribution < 1.29 is 17.9 Å². The maximum Gasteiger partial charge on any atom is 0.371 e. The zero-order valence-corrected chi connectivity index (χ0v) is 16.9. The third-order valence-corrected chi connectivity index (χ3v) is 5.27. The van der Waals surface area contributed by atoms with E-state index in [4.69, 9.17) is 16.3 Å². The lowest BCUT2D eigenvalue weighted by atomic mass is 10.2. The highest BCUT2D eigenvalue weighted by atomic mass is 35.5. The lowest BCUT2D eigenvalue weighted by Crippen LogP contribution is -2.34. The third-order valence-electron chi connectivity index (χ3n) is 3.18. The van der Waals surface area contributed by atoms with Gasteiger partial charge in [-0.15, -0.1) is 0 Å². The number of benzene rings is 1. The largest absolute Gasteiger partial charge is 0.455 e. The van der Waals surface area contributed by atoms with Crippen molar-refractivity contribution in [3.05, 3.63) is 53.3 Å². The topological polar surface area (TPSA) is 97.7 Å². The zero-order chi connectivity index (χ0) is 20.2. The number of rotatable bonds is 3. The van der Waals surface area contributed by atoms with E-state index in [9.17, 15) is 13.2 Å². The minimum Gasteiger partial charge on any atom is -0.455 e. The van der Waals surface area contributed by atoms with Gasteiger partial charge in [0.15, 0.2) is 0 Å². The predicted molar refractivity (Wildman–Crippen MR) is 105 cm³/mol. The molecule has 1 aromatic carbocycles. The number of pyridine rings is 1. The van der Waals surface area contributed by atoms with Crippen LogP contribution in [0, 0.1) is 6.92 Å². The van der Waals surface area contributed by atoms with Crippen LogP contribution in [0.25, 0.3) is 0 Å². The van der Waals surface area contributed by atoms with Crippen LogP contribution < -0.4 is 5.43 Å². The second-order valence-corrected chi connectivity index (χ2v) is 8.88. The monoisotopic (exact) mass is 409 g/mol. The van der Waals surface area contributed by atoms with Gasteiger partial charge in [0.25, 0.3) is 5.04 Å². The Balaban J connectivity index is 2.49. The summed E-state index contributed by atoms with van der Waals surface area (Å²) >= 11 is 5.91. The maximum absolute atomic E-state index is 13.0. The van der Waals surface area contributed by atoms with Crippen molar-refractivity contribution in [3.63, 3.8) is 0 Å². The number of sulfone groups is 1. The van der Waals surface area contributed by atoms with E-state index in [2.05, 4.69) is 15.5 Å². The van der Waals surface area contributed by atoms with Gasteiger partial charge in [0.2, 0.25) is 9.84 Å². The van der Waals surface area contributed by atoms with Gasteiger partial charge in [0.05, 0.1) is 5.69 Å². The number of hydrazone groups is 1. The summed E-state index contributed by atoms with van der Waals surface area (Å²) in [6.07, 6.45) is 1.34. The van der Waals surface area contributed by atoms with Crippen LogP contribution in [0.1, 0.15) is 26.3 Å². The minimum atomic E-state index is -4.36. The van der Waals surface area contributed by atoms with E-state index in [0.717, 1.165) is 5.56 Å². The lowest BCUT2D eigenvalue weighted by Gasteiger charge is -2.20. The highest BCUT2D eigenvalue weighted by Gasteiger charge is 2.35. The lowest BCUT2D eigenvalue weighted by molar-refractivity contribution is -0.145. The maximum atomic E-state index is 13.0. The molecule has 2 rings (SSSR count). The summed E-state index contributed by atoms with van der Waals surface area (Å²) in [6.45, 7) is 6.78. The fourth-order valence-electron chi connectivity index (χ4n) is 1.96. The van der Waals surface area contributed by atoms with Crippen LogP contribution in [-0.2, 0) is 19.4 Å². The Labute approximate surface area is 163 Å². The molecule has 27 heavy (non-hydrogen) atoms. The summed E-state index contributed by atoms with van der Waals surface area (Å²) < 4.78 is 31.1. The van der Waals surface area contributed by atoms with E-state index in [1.807, 2.05) is 19.1 Å². The number of nitrogens with zero attached hydrogens (tertiary/aromatic N) is 2. The Morgan fingerprint density at radius 2 is 1.81 bits per heavy atom. The molecule has 1 N–H and O–H groups in total. The van der Waals surface area contributed by atoms with Gasteiger partial charge in [-0.05, 0) is 52.0 Å². The first kappa shape index (κ1) is 20.9. The molecule has 7 nitrogen and oxygen atoms in total. The van der Waals surface area contributed by atoms with Crippen molar-refractivity contribution in [2.24, 2.45) is 5.10 Å². The summed E-state index contributed by atoms with van der Waals surface area (Å²) in [5.41, 5.74) is 3.20. The molecule has 0 aliphatic rings. The first-order valence-electron chi connectivity index (χ1n) is 8.00. The standard InChI is InChI=1S/C18H20ClN3O4S/c1-12-7-9-13(10-8-12)21-22-16(17(23)26-18(2,3)4)27(24,25)14-6-5-11-20-15(14)19/h5-11,21H,1-4H3/b22-16-. The number of nitrogens with one attached hydrogen (secondary N) is 1. The average Bonchev–Trinajstić information content (AvgIpc) is 2.55. The van der Waals surface area contributed by atoms with Gasteiger partial charge in [-0.1, -0.05) is 29.3 Å². The SMILES string of the molecule is Cc1ccc(N/N=C(/C(=O)OC(C)(C)C)S(=O)(=O)c2cccnc2Cl)cc1. The number of carbonyl (C=O) groups excluding carboxylic acids is 1. The van der Waals surface area contributed by atoms with Crippen LogP contribution in [-0.4, -0.2) is 30.0 Å². The van der Waals surface area contributed by atoms with Crippen molar-refractivity contribution in [2.75, 3.05) is 5.43 Å². The summed E-state index contributed by atoms with van der Waals surface area (Å²) in [6, 6.07) is 9.69. The van der Waals surface area contributed by atoms with Crippen molar-refractivity contribution in [1.82, 2.24) is 4.98 Å². The number of carbonyl (C=O) groups is 1. The minimum absolute atomic E-state index is 0.260. The number of hydrogen-bond acceptors (Lipinski definition) is 7. The summed E-state index contributed by atoms with van der Waals surface area (Å²) in [5, 5.41) is 2.74. The summed E-state index contributed by atoms with van der Waals surface area (Å²) in [5.74, 6) is -1.10. The Morgan fingerprint density at radius 3 is 2.37 bits per heavy atom. The van der Waals surface area contributed by atoms with E-state index in [1.165, 1.54) is 18.3 Å². The van der Waals surface area contributed by atoms with Crippen molar-refractivity contribution in [3.8, 4) is 0 Å². The molecule has 0 atom stereocenters. The Kier molecular flexibility index (Phi) is 6.22. The average molecular weight is 410 g/mol. The van der Waals surface area contributed by atoms with Crippen LogP contribution in [0.2, 0.25) is 5.15 Å². The number of ether oxygens (including phenoxy) is 1. The molecule has 0 aliphatic carbocycles. The van der Waals surface area contributed by atoms with Crippen LogP contribution >= 0.6 is 11.6 Å². The molecule has 0 unspecified atom stereocenters. The first-order valence-corrected chi connectivity index (χ1v) is 9.86. The Hall–Kier alpha value is -2.45. The molecular formula is C18H20ClN3O4S. The molecule has 1 heterocycles. The van der Waals surface area contributed by atoms with E-state index in [0.29, 0.717) is 5.69 Å². The van der Waals surface area contributed by atoms with Crippen molar-refractivity contribution >= 4 is 38.1 Å². The van der Waals surface area contributed by atoms with Gasteiger partial charge < -0.3 is 4.74 Å². The number of aromatic nitrogens is 1. The number of anilines is 1. The second-order valence-electron chi connectivity index (χ2n) is 6.69. The van der Waals surface area contributed by atoms with Gasteiger partial charge in [0, 0.05) is 6.20 Å². The molecule has 144 valence electrons. The second kappa shape index (κ2) is 8.06. The van der Waals surface area contributed by atoms with Crippen LogP contribution in [0.15, 0.2) is 52.6 Å². The molecule has 2 aromatic rings. The smallest absolute Gasteiger partial charge is 0.371 e. The van der Waals surface area contributed by atoms with E-state index in [1.54, 1.807) is 32.9 Å². The normalized spacial score (nSPS) is 12.6. The molecule has 0 fully saturated rings. The molecule has 9 heteroatoms.